The average Bonchev–Trinajstić information content (AvgIpc) is 3.10. The van der Waals surface area contributed by atoms with Crippen LogP contribution in [0.1, 0.15) is 80.0 Å². The Morgan fingerprint density at radius 3 is 1.27 bits per heavy atom. The van der Waals surface area contributed by atoms with Gasteiger partial charge in [-0.25, -0.2) is 0 Å². The summed E-state index contributed by atoms with van der Waals surface area (Å²) in [6, 6.07) is 11.3. The van der Waals surface area contributed by atoms with Crippen molar-refractivity contribution in [2.75, 3.05) is 52.4 Å². The minimum Gasteiger partial charge on any atom is -0.302 e. The van der Waals surface area contributed by atoms with Crippen molar-refractivity contribution in [2.45, 2.75) is 38.5 Å². The molecule has 0 unspecified atom stereocenters. The van der Waals surface area contributed by atoms with Gasteiger partial charge in [0.2, 0.25) is 0 Å². The van der Waals surface area contributed by atoms with Crippen molar-refractivity contribution in [1.82, 2.24) is 19.6 Å². The van der Waals surface area contributed by atoms with Crippen molar-refractivity contribution in [3.8, 4) is 0 Å². The highest BCUT2D eigenvalue weighted by molar-refractivity contribution is 9.11. The Morgan fingerprint density at radius 2 is 0.833 bits per heavy atom. The molecule has 0 atom stereocenters. The molecule has 9 rings (SSSR count). The average molecular weight is 771 g/mol. The van der Waals surface area contributed by atoms with Crippen LogP contribution in [0.3, 0.4) is 0 Å². The zero-order valence-electron chi connectivity index (χ0n) is 26.5. The Kier molecular flexibility index (Phi) is 7.38. The molecule has 244 valence electrons. The third-order valence-electron chi connectivity index (χ3n) is 11.1. The number of hydrogen-bond donors (Lipinski definition) is 0. The fraction of sp³-hybridized carbons (Fsp3) is 0.368. The fourth-order valence-electron chi connectivity index (χ4n) is 8.72. The normalized spacial score (nSPS) is 19.3. The monoisotopic (exact) mass is 768 g/mol. The summed E-state index contributed by atoms with van der Waals surface area (Å²) in [4.78, 5) is 63.5. The second-order valence-corrected chi connectivity index (χ2v) is 15.4. The van der Waals surface area contributed by atoms with Gasteiger partial charge < -0.3 is 9.80 Å². The zero-order chi connectivity index (χ0) is 32.8. The summed E-state index contributed by atoms with van der Waals surface area (Å²) < 4.78 is 1.47. The molecule has 0 N–H and O–H groups in total. The van der Waals surface area contributed by atoms with Gasteiger partial charge in [-0.05, 0) is 92.3 Å². The van der Waals surface area contributed by atoms with Crippen LogP contribution >= 0.6 is 31.9 Å². The first-order chi connectivity index (χ1) is 23.3. The van der Waals surface area contributed by atoms with Gasteiger partial charge in [-0.15, -0.1) is 0 Å². The summed E-state index contributed by atoms with van der Waals surface area (Å²) >= 11 is 7.65. The lowest BCUT2D eigenvalue weighted by Crippen LogP contribution is -2.45. The number of likely N-dealkylation sites (tertiary alicyclic amines) is 2. The molecule has 0 bridgehead atoms. The summed E-state index contributed by atoms with van der Waals surface area (Å²) in [6.07, 6.45) is 7.05. The first kappa shape index (κ1) is 30.6. The quantitative estimate of drug-likeness (QED) is 0.102. The maximum absolute atomic E-state index is 14.1. The standard InChI is InChI=1S/C38H34Br2N4O4/c39-27-19-25-31-26(38(48)44(37(25)47)18-16-42-13-5-2-6-14-42)20-28(40)33-22-8-10-24-30-23(9-7-21(29(22)30)32(27)34(31)33)35(45)43(36(24)46)17-15-41-11-3-1-4-12-41/h7-10,19-20H,1-6,11-18H2. The highest BCUT2D eigenvalue weighted by Crippen LogP contribution is 2.50. The molecule has 4 heterocycles. The Morgan fingerprint density at radius 1 is 0.438 bits per heavy atom. The molecule has 2 saturated heterocycles. The maximum atomic E-state index is 14.1. The molecule has 4 aliphatic heterocycles. The van der Waals surface area contributed by atoms with Gasteiger partial charge in [0.1, 0.15) is 0 Å². The van der Waals surface area contributed by atoms with E-state index in [1.54, 1.807) is 0 Å². The van der Waals surface area contributed by atoms with Gasteiger partial charge >= 0.3 is 0 Å². The van der Waals surface area contributed by atoms with Gasteiger partial charge in [0.05, 0.1) is 0 Å². The van der Waals surface area contributed by atoms with Gasteiger partial charge in [0, 0.05) is 84.3 Å². The van der Waals surface area contributed by atoms with Crippen LogP contribution in [-0.2, 0) is 0 Å². The van der Waals surface area contributed by atoms with Crippen LogP contribution in [0.25, 0.3) is 43.1 Å². The third kappa shape index (κ3) is 4.45. The Balaban J connectivity index is 1.19. The number of amides is 4. The van der Waals surface area contributed by atoms with E-state index in [0.717, 1.165) is 93.1 Å². The molecule has 4 aliphatic rings. The molecule has 5 aromatic rings. The Labute approximate surface area is 294 Å². The van der Waals surface area contributed by atoms with Crippen LogP contribution < -0.4 is 0 Å². The molecule has 10 heteroatoms. The number of carbonyl (C=O) groups excluding carboxylic acids is 4. The topological polar surface area (TPSA) is 81.2 Å². The first-order valence-corrected chi connectivity index (χ1v) is 18.7. The molecule has 0 aromatic heterocycles. The van der Waals surface area contributed by atoms with Gasteiger partial charge in [-0.2, -0.15) is 0 Å². The van der Waals surface area contributed by atoms with Crippen molar-refractivity contribution in [2.24, 2.45) is 0 Å². The predicted molar refractivity (Wildman–Crippen MR) is 194 cm³/mol. The van der Waals surface area contributed by atoms with Crippen molar-refractivity contribution in [3.05, 3.63) is 67.6 Å². The summed E-state index contributed by atoms with van der Waals surface area (Å²) in [5, 5.41) is 6.46. The molecule has 4 amide bonds. The number of nitrogens with zero attached hydrogens (tertiary/aromatic N) is 4. The van der Waals surface area contributed by atoms with Crippen LogP contribution in [0.2, 0.25) is 0 Å². The minimum absolute atomic E-state index is 0.261. The summed E-state index contributed by atoms with van der Waals surface area (Å²) in [7, 11) is 0. The van der Waals surface area contributed by atoms with E-state index < -0.39 is 0 Å². The largest absolute Gasteiger partial charge is 0.302 e. The molecular weight excluding hydrogens is 736 g/mol. The van der Waals surface area contributed by atoms with E-state index in [-0.39, 0.29) is 23.6 Å². The number of rotatable bonds is 6. The Bertz CT molecular complexity index is 2110. The van der Waals surface area contributed by atoms with E-state index in [0.29, 0.717) is 59.2 Å². The molecular formula is C38H34Br2N4O4. The lowest BCUT2D eigenvalue weighted by atomic mass is 9.82. The van der Waals surface area contributed by atoms with Crippen LogP contribution in [0.15, 0.2) is 45.3 Å². The number of hydrogen-bond acceptors (Lipinski definition) is 6. The maximum Gasteiger partial charge on any atom is 0.261 e. The van der Waals surface area contributed by atoms with Crippen LogP contribution in [-0.4, -0.2) is 95.6 Å². The van der Waals surface area contributed by atoms with E-state index in [2.05, 4.69) is 41.7 Å². The number of benzene rings is 5. The zero-order valence-corrected chi connectivity index (χ0v) is 29.7. The second-order valence-electron chi connectivity index (χ2n) is 13.7. The molecule has 0 radical (unpaired) electrons. The van der Waals surface area contributed by atoms with E-state index in [4.69, 9.17) is 0 Å². The number of fused-ring (bicyclic) bond motifs is 2. The van der Waals surface area contributed by atoms with E-state index in [1.807, 2.05) is 36.4 Å². The lowest BCUT2D eigenvalue weighted by Gasteiger charge is -2.33. The van der Waals surface area contributed by atoms with Crippen molar-refractivity contribution in [3.63, 3.8) is 0 Å². The van der Waals surface area contributed by atoms with Gasteiger partial charge in [-0.3, -0.25) is 29.0 Å². The summed E-state index contributed by atoms with van der Waals surface area (Å²) in [5.74, 6) is -1.07. The van der Waals surface area contributed by atoms with Crippen LogP contribution in [0.5, 0.6) is 0 Å². The number of halogens is 2. The van der Waals surface area contributed by atoms with Gasteiger partial charge in [0.15, 0.2) is 0 Å². The highest BCUT2D eigenvalue weighted by Gasteiger charge is 2.38. The fourth-order valence-corrected chi connectivity index (χ4v) is 10.0. The molecule has 48 heavy (non-hydrogen) atoms. The van der Waals surface area contributed by atoms with E-state index >= 15 is 0 Å². The SMILES string of the molecule is O=C1c2ccc3c4c(Br)cc5c6c(cc(Br)c(c7ccc(c2c37)C(=O)N1CCN1CCCCC1)c64)C(=O)N(CCN1CCCCC1)C5=O. The van der Waals surface area contributed by atoms with E-state index in [1.165, 1.54) is 22.6 Å². The van der Waals surface area contributed by atoms with Crippen molar-refractivity contribution in [1.29, 1.82) is 0 Å². The first-order valence-electron chi connectivity index (χ1n) is 17.1. The molecule has 8 nitrogen and oxygen atoms in total. The third-order valence-corrected chi connectivity index (χ3v) is 12.3. The second kappa shape index (κ2) is 11.6. The molecule has 0 aliphatic carbocycles. The summed E-state index contributed by atoms with van der Waals surface area (Å²) in [6.45, 7) is 6.05. The minimum atomic E-state index is -0.276. The van der Waals surface area contributed by atoms with Gasteiger partial charge in [-0.1, -0.05) is 56.8 Å². The number of imide groups is 2. The number of piperidine rings is 2. The molecule has 2 fully saturated rings. The smallest absolute Gasteiger partial charge is 0.261 e. The molecule has 0 spiro atoms. The van der Waals surface area contributed by atoms with Crippen LogP contribution in [0, 0.1) is 0 Å². The van der Waals surface area contributed by atoms with E-state index in [9.17, 15) is 19.2 Å². The lowest BCUT2D eigenvalue weighted by molar-refractivity contribution is 0.0573. The number of carbonyl (C=O) groups is 4. The van der Waals surface area contributed by atoms with Crippen molar-refractivity contribution >= 4 is 98.6 Å². The predicted octanol–water partition coefficient (Wildman–Crippen LogP) is 7.43. The molecule has 0 saturated carbocycles. The van der Waals surface area contributed by atoms with Crippen LogP contribution in [0.4, 0.5) is 0 Å². The molecule has 5 aromatic carbocycles. The summed E-state index contributed by atoms with van der Waals surface area (Å²) in [5.41, 5.74) is 2.07. The van der Waals surface area contributed by atoms with Crippen molar-refractivity contribution < 1.29 is 19.2 Å². The highest BCUT2D eigenvalue weighted by atomic mass is 79.9. The van der Waals surface area contributed by atoms with Gasteiger partial charge in [0.25, 0.3) is 23.6 Å². The Hall–Kier alpha value is -3.44.